The number of carbonyl (C=O) groups excluding carboxylic acids is 1. The van der Waals surface area contributed by atoms with Crippen LogP contribution in [0.2, 0.25) is 0 Å². The molecule has 1 aromatic heterocycles. The molecule has 0 atom stereocenters. The van der Waals surface area contributed by atoms with Gasteiger partial charge in [0.2, 0.25) is 5.13 Å². The van der Waals surface area contributed by atoms with Crippen LogP contribution in [0.3, 0.4) is 0 Å². The van der Waals surface area contributed by atoms with Gasteiger partial charge in [0.15, 0.2) is 0 Å². The molecule has 96 valence electrons. The second-order valence-electron chi connectivity index (χ2n) is 4.74. The number of fused-ring (bicyclic) bond motifs is 1. The normalized spacial score (nSPS) is 11.3. The number of rotatable bonds is 2. The maximum Gasteiger partial charge on any atom is 0.426 e. The SMILES string of the molecule is CC(C)(C)OC(=O)NNc1nc2ccccc2s1. The number of nitrogens with one attached hydrogen (secondary N) is 2. The number of ether oxygens (including phenoxy) is 1. The lowest BCUT2D eigenvalue weighted by Crippen LogP contribution is -2.35. The molecule has 0 saturated carbocycles. The van der Waals surface area contributed by atoms with E-state index in [1.165, 1.54) is 11.3 Å². The molecule has 0 unspecified atom stereocenters. The Morgan fingerprint density at radius 1 is 1.33 bits per heavy atom. The highest BCUT2D eigenvalue weighted by Gasteiger charge is 2.16. The first-order valence-corrected chi connectivity index (χ1v) is 6.36. The summed E-state index contributed by atoms with van der Waals surface area (Å²) in [4.78, 5) is 15.7. The Morgan fingerprint density at radius 2 is 2.06 bits per heavy atom. The molecule has 0 spiro atoms. The molecule has 1 heterocycles. The highest BCUT2D eigenvalue weighted by atomic mass is 32.1. The minimum Gasteiger partial charge on any atom is -0.443 e. The summed E-state index contributed by atoms with van der Waals surface area (Å²) in [5.74, 6) is 0. The predicted octanol–water partition coefficient (Wildman–Crippen LogP) is 3.15. The fourth-order valence-electron chi connectivity index (χ4n) is 1.33. The number of nitrogens with zero attached hydrogens (tertiary/aromatic N) is 1. The topological polar surface area (TPSA) is 63.2 Å². The largest absolute Gasteiger partial charge is 0.443 e. The van der Waals surface area contributed by atoms with Crippen molar-refractivity contribution in [3.63, 3.8) is 0 Å². The van der Waals surface area contributed by atoms with Gasteiger partial charge in [0.05, 0.1) is 10.2 Å². The van der Waals surface area contributed by atoms with Gasteiger partial charge in [0, 0.05) is 0 Å². The maximum atomic E-state index is 11.4. The van der Waals surface area contributed by atoms with Crippen LogP contribution in [0.1, 0.15) is 20.8 Å². The number of carbonyl (C=O) groups is 1. The van der Waals surface area contributed by atoms with Gasteiger partial charge in [0.25, 0.3) is 0 Å². The van der Waals surface area contributed by atoms with Gasteiger partial charge in [0.1, 0.15) is 5.60 Å². The van der Waals surface area contributed by atoms with Crippen LogP contribution in [-0.2, 0) is 4.74 Å². The van der Waals surface area contributed by atoms with E-state index in [4.69, 9.17) is 4.74 Å². The Hall–Kier alpha value is -1.82. The summed E-state index contributed by atoms with van der Waals surface area (Å²) in [6, 6.07) is 7.77. The van der Waals surface area contributed by atoms with Crippen LogP contribution in [-0.4, -0.2) is 16.7 Å². The van der Waals surface area contributed by atoms with Crippen LogP contribution in [0, 0.1) is 0 Å². The van der Waals surface area contributed by atoms with E-state index >= 15 is 0 Å². The van der Waals surface area contributed by atoms with Gasteiger partial charge < -0.3 is 4.74 Å². The second kappa shape index (κ2) is 4.81. The number of amides is 1. The van der Waals surface area contributed by atoms with Crippen LogP contribution in [0.5, 0.6) is 0 Å². The molecule has 1 aromatic carbocycles. The van der Waals surface area contributed by atoms with Crippen molar-refractivity contribution >= 4 is 32.8 Å². The van der Waals surface area contributed by atoms with E-state index < -0.39 is 11.7 Å². The van der Waals surface area contributed by atoms with Crippen LogP contribution in [0.15, 0.2) is 24.3 Å². The molecule has 0 aliphatic rings. The molecule has 2 aromatic rings. The fraction of sp³-hybridized carbons (Fsp3) is 0.333. The molecule has 2 rings (SSSR count). The quantitative estimate of drug-likeness (QED) is 0.819. The Morgan fingerprint density at radius 3 is 2.72 bits per heavy atom. The molecule has 1 amide bonds. The molecule has 0 fully saturated rings. The lowest BCUT2D eigenvalue weighted by atomic mass is 10.2. The number of hydrazine groups is 1. The number of anilines is 1. The minimum absolute atomic E-state index is 0.515. The maximum absolute atomic E-state index is 11.4. The Kier molecular flexibility index (Phi) is 3.38. The zero-order valence-corrected chi connectivity index (χ0v) is 11.3. The van der Waals surface area contributed by atoms with Gasteiger partial charge in [-0.2, -0.15) is 0 Å². The lowest BCUT2D eigenvalue weighted by molar-refractivity contribution is 0.0541. The minimum atomic E-state index is -0.526. The highest BCUT2D eigenvalue weighted by Crippen LogP contribution is 2.24. The Bertz CT molecular complexity index is 527. The van der Waals surface area contributed by atoms with Crippen molar-refractivity contribution in [1.82, 2.24) is 10.4 Å². The zero-order valence-electron chi connectivity index (χ0n) is 10.5. The number of aromatic nitrogens is 1. The third kappa shape index (κ3) is 3.33. The lowest BCUT2D eigenvalue weighted by Gasteiger charge is -2.19. The van der Waals surface area contributed by atoms with E-state index in [9.17, 15) is 4.79 Å². The van der Waals surface area contributed by atoms with E-state index in [1.807, 2.05) is 45.0 Å². The van der Waals surface area contributed by atoms with Crippen molar-refractivity contribution in [2.45, 2.75) is 26.4 Å². The van der Waals surface area contributed by atoms with Crippen molar-refractivity contribution in [3.05, 3.63) is 24.3 Å². The smallest absolute Gasteiger partial charge is 0.426 e. The summed E-state index contributed by atoms with van der Waals surface area (Å²) in [6.07, 6.45) is -0.526. The van der Waals surface area contributed by atoms with E-state index in [-0.39, 0.29) is 0 Å². The van der Waals surface area contributed by atoms with Crippen LogP contribution >= 0.6 is 11.3 Å². The van der Waals surface area contributed by atoms with Gasteiger partial charge >= 0.3 is 6.09 Å². The van der Waals surface area contributed by atoms with Crippen molar-refractivity contribution in [1.29, 1.82) is 0 Å². The zero-order chi connectivity index (χ0) is 13.2. The highest BCUT2D eigenvalue weighted by molar-refractivity contribution is 7.22. The van der Waals surface area contributed by atoms with Gasteiger partial charge in [-0.15, -0.1) is 0 Å². The van der Waals surface area contributed by atoms with Crippen molar-refractivity contribution < 1.29 is 9.53 Å². The predicted molar refractivity (Wildman–Crippen MR) is 72.6 cm³/mol. The van der Waals surface area contributed by atoms with Crippen LogP contribution < -0.4 is 10.9 Å². The fourth-order valence-corrected chi connectivity index (χ4v) is 2.15. The molecular formula is C12H15N3O2S. The molecular weight excluding hydrogens is 250 g/mol. The van der Waals surface area contributed by atoms with Gasteiger partial charge in [-0.25, -0.2) is 15.2 Å². The van der Waals surface area contributed by atoms with Crippen molar-refractivity contribution in [2.24, 2.45) is 0 Å². The second-order valence-corrected chi connectivity index (χ2v) is 5.77. The molecule has 0 aliphatic carbocycles. The van der Waals surface area contributed by atoms with Crippen LogP contribution in [0.4, 0.5) is 9.93 Å². The number of thiazole rings is 1. The monoisotopic (exact) mass is 265 g/mol. The summed E-state index contributed by atoms with van der Waals surface area (Å²) in [7, 11) is 0. The molecule has 0 saturated heterocycles. The first-order valence-electron chi connectivity index (χ1n) is 5.55. The number of para-hydroxylation sites is 1. The summed E-state index contributed by atoms with van der Waals surface area (Å²) < 4.78 is 6.16. The summed E-state index contributed by atoms with van der Waals surface area (Å²) in [6.45, 7) is 5.43. The van der Waals surface area contributed by atoms with Gasteiger partial charge in [-0.1, -0.05) is 23.5 Å². The number of hydrogen-bond donors (Lipinski definition) is 2. The third-order valence-corrected chi connectivity index (χ3v) is 2.92. The van der Waals surface area contributed by atoms with Crippen LogP contribution in [0.25, 0.3) is 10.2 Å². The molecule has 18 heavy (non-hydrogen) atoms. The Balaban J connectivity index is 1.96. The molecule has 5 nitrogen and oxygen atoms in total. The van der Waals surface area contributed by atoms with E-state index in [0.29, 0.717) is 5.13 Å². The number of hydrogen-bond acceptors (Lipinski definition) is 5. The molecule has 0 radical (unpaired) electrons. The Labute approximate surface area is 109 Å². The van der Waals surface area contributed by atoms with Gasteiger partial charge in [-0.3, -0.25) is 5.43 Å². The van der Waals surface area contributed by atoms with Crippen molar-refractivity contribution in [2.75, 3.05) is 5.43 Å². The molecule has 6 heteroatoms. The first-order chi connectivity index (χ1) is 8.44. The average Bonchev–Trinajstić information content (AvgIpc) is 2.66. The van der Waals surface area contributed by atoms with E-state index in [1.54, 1.807) is 0 Å². The molecule has 0 bridgehead atoms. The van der Waals surface area contributed by atoms with E-state index in [0.717, 1.165) is 10.2 Å². The summed E-state index contributed by atoms with van der Waals surface area (Å²) >= 11 is 1.46. The van der Waals surface area contributed by atoms with E-state index in [2.05, 4.69) is 15.8 Å². The summed E-state index contributed by atoms with van der Waals surface area (Å²) in [5.41, 5.74) is 5.58. The number of benzene rings is 1. The third-order valence-electron chi connectivity index (χ3n) is 1.96. The molecule has 2 N–H and O–H groups in total. The average molecular weight is 265 g/mol. The van der Waals surface area contributed by atoms with Crippen molar-refractivity contribution in [3.8, 4) is 0 Å². The van der Waals surface area contributed by atoms with Gasteiger partial charge in [-0.05, 0) is 32.9 Å². The summed E-state index contributed by atoms with van der Waals surface area (Å²) in [5, 5.41) is 0.627. The first kappa shape index (κ1) is 12.6. The standard InChI is InChI=1S/C12H15N3O2S/c1-12(2,3)17-11(16)15-14-10-13-8-6-4-5-7-9(8)18-10/h4-7H,1-3H3,(H,13,14)(H,15,16). The molecule has 0 aliphatic heterocycles.